The predicted molar refractivity (Wildman–Crippen MR) is 108 cm³/mol. The van der Waals surface area contributed by atoms with Gasteiger partial charge in [0.15, 0.2) is 15.8 Å². The van der Waals surface area contributed by atoms with E-state index in [-0.39, 0.29) is 35.5 Å². The van der Waals surface area contributed by atoms with Crippen molar-refractivity contribution in [3.05, 3.63) is 18.7 Å². The smallest absolute Gasteiger partial charge is 0.193 e. The van der Waals surface area contributed by atoms with E-state index in [1.165, 1.54) is 0 Å². The normalized spacial score (nSPS) is 22.1. The zero-order chi connectivity index (χ0) is 16.9. The molecule has 2 atom stereocenters. The van der Waals surface area contributed by atoms with Crippen molar-refractivity contribution in [1.29, 1.82) is 0 Å². The van der Waals surface area contributed by atoms with Crippen LogP contribution in [0.4, 0.5) is 0 Å². The number of hydrogen-bond donors (Lipinski definition) is 1. The Bertz CT molecular complexity index is 618. The van der Waals surface area contributed by atoms with Gasteiger partial charge in [0, 0.05) is 44.8 Å². The number of sulfone groups is 1. The Kier molecular flexibility index (Phi) is 8.48. The summed E-state index contributed by atoms with van der Waals surface area (Å²) in [6, 6.07) is 0.351. The molecule has 1 aliphatic heterocycles. The molecule has 9 heteroatoms. The molecule has 24 heavy (non-hydrogen) atoms. The molecule has 0 spiro atoms. The van der Waals surface area contributed by atoms with E-state index in [1.807, 2.05) is 12.5 Å². The first-order chi connectivity index (χ1) is 11.0. The number of aliphatic imine (C=N–C) groups is 1. The van der Waals surface area contributed by atoms with Gasteiger partial charge < -0.3 is 14.8 Å². The summed E-state index contributed by atoms with van der Waals surface area (Å²) >= 11 is 0. The van der Waals surface area contributed by atoms with E-state index < -0.39 is 9.84 Å². The van der Waals surface area contributed by atoms with E-state index in [0.717, 1.165) is 25.5 Å². The maximum atomic E-state index is 11.6. The number of nitrogens with one attached hydrogen (secondary N) is 1. The summed E-state index contributed by atoms with van der Waals surface area (Å²) < 4.78 is 25.3. The Morgan fingerprint density at radius 3 is 2.79 bits per heavy atom. The number of rotatable bonds is 5. The van der Waals surface area contributed by atoms with Crippen LogP contribution in [-0.2, 0) is 9.84 Å². The van der Waals surface area contributed by atoms with Crippen LogP contribution in [0.1, 0.15) is 26.3 Å². The molecule has 0 radical (unpaired) electrons. The van der Waals surface area contributed by atoms with Crippen LogP contribution in [0.3, 0.4) is 0 Å². The molecule has 7 nitrogen and oxygen atoms in total. The largest absolute Gasteiger partial charge is 0.355 e. The second-order valence-electron chi connectivity index (χ2n) is 6.00. The van der Waals surface area contributed by atoms with Crippen LogP contribution < -0.4 is 5.32 Å². The van der Waals surface area contributed by atoms with Crippen LogP contribution in [0, 0.1) is 5.92 Å². The number of hydrogen-bond acceptors (Lipinski definition) is 4. The molecule has 2 unspecified atom stereocenters. The number of guanidine groups is 1. The Labute approximate surface area is 161 Å². The summed E-state index contributed by atoms with van der Waals surface area (Å²) in [6.07, 6.45) is 6.72. The van der Waals surface area contributed by atoms with Crippen LogP contribution in [0.15, 0.2) is 23.7 Å². The number of imidazole rings is 1. The highest BCUT2D eigenvalue weighted by atomic mass is 127. The fraction of sp³-hybridized carbons (Fsp3) is 0.733. The first-order valence-electron chi connectivity index (χ1n) is 8.10. The lowest BCUT2D eigenvalue weighted by Crippen LogP contribution is -2.49. The summed E-state index contributed by atoms with van der Waals surface area (Å²) in [5.41, 5.74) is 0. The molecule has 1 aliphatic rings. The SMILES string of the molecule is CCS(=O)(=O)CCNC(=NC)N1CCC(C)C(n2ccnc2)C1.I. The van der Waals surface area contributed by atoms with Crippen LogP contribution >= 0.6 is 24.0 Å². The summed E-state index contributed by atoms with van der Waals surface area (Å²) in [4.78, 5) is 10.6. The van der Waals surface area contributed by atoms with E-state index in [4.69, 9.17) is 0 Å². The van der Waals surface area contributed by atoms with E-state index >= 15 is 0 Å². The molecule has 0 aliphatic carbocycles. The second-order valence-corrected chi connectivity index (χ2v) is 8.47. The van der Waals surface area contributed by atoms with Crippen LogP contribution in [0.5, 0.6) is 0 Å². The first kappa shape index (κ1) is 21.2. The number of nitrogens with zero attached hydrogens (tertiary/aromatic N) is 4. The topological polar surface area (TPSA) is 79.6 Å². The third-order valence-electron chi connectivity index (χ3n) is 4.47. The van der Waals surface area contributed by atoms with Crippen LogP contribution in [0.25, 0.3) is 0 Å². The molecule has 138 valence electrons. The molecular formula is C15H28IN5O2S. The van der Waals surface area contributed by atoms with Gasteiger partial charge in [-0.2, -0.15) is 0 Å². The van der Waals surface area contributed by atoms with Gasteiger partial charge >= 0.3 is 0 Å². The average molecular weight is 469 g/mol. The molecular weight excluding hydrogens is 441 g/mol. The van der Waals surface area contributed by atoms with E-state index in [0.29, 0.717) is 18.5 Å². The minimum absolute atomic E-state index is 0. The quantitative estimate of drug-likeness (QED) is 0.401. The second kappa shape index (κ2) is 9.59. The average Bonchev–Trinajstić information content (AvgIpc) is 3.06. The molecule has 1 N–H and O–H groups in total. The standard InChI is InChI=1S/C15H27N5O2S.HI/c1-4-23(21,22)10-7-18-15(16-3)19-8-5-13(2)14(11-19)20-9-6-17-12-20;/h6,9,12-14H,4-5,7-8,10-11H2,1-3H3,(H,16,18);1H. The van der Waals surface area contributed by atoms with Gasteiger partial charge in [0.2, 0.25) is 0 Å². The van der Waals surface area contributed by atoms with Gasteiger partial charge in [0.05, 0.1) is 18.1 Å². The molecule has 0 saturated carbocycles. The van der Waals surface area contributed by atoms with Crippen LogP contribution in [-0.4, -0.2) is 67.0 Å². The van der Waals surface area contributed by atoms with E-state index in [1.54, 1.807) is 20.2 Å². The van der Waals surface area contributed by atoms with Gasteiger partial charge in [-0.3, -0.25) is 4.99 Å². The Morgan fingerprint density at radius 1 is 1.46 bits per heavy atom. The number of aromatic nitrogens is 2. The highest BCUT2D eigenvalue weighted by Gasteiger charge is 2.28. The van der Waals surface area contributed by atoms with Crippen molar-refractivity contribution in [2.45, 2.75) is 26.3 Å². The highest BCUT2D eigenvalue weighted by molar-refractivity contribution is 14.0. The van der Waals surface area contributed by atoms with Crippen molar-refractivity contribution < 1.29 is 8.42 Å². The molecule has 1 aromatic heterocycles. The molecule has 0 bridgehead atoms. The van der Waals surface area contributed by atoms with Crippen molar-refractivity contribution in [2.24, 2.45) is 10.9 Å². The Morgan fingerprint density at radius 2 is 2.21 bits per heavy atom. The molecule has 2 rings (SSSR count). The zero-order valence-corrected chi connectivity index (χ0v) is 17.7. The lowest BCUT2D eigenvalue weighted by atomic mass is 9.93. The predicted octanol–water partition coefficient (Wildman–Crippen LogP) is 1.39. The lowest BCUT2D eigenvalue weighted by Gasteiger charge is -2.39. The lowest BCUT2D eigenvalue weighted by molar-refractivity contribution is 0.189. The van der Waals surface area contributed by atoms with Gasteiger partial charge in [-0.05, 0) is 12.3 Å². The van der Waals surface area contributed by atoms with Crippen molar-refractivity contribution in [1.82, 2.24) is 19.8 Å². The summed E-state index contributed by atoms with van der Waals surface area (Å²) in [5.74, 6) is 1.65. The Hall–Kier alpha value is -0.840. The number of likely N-dealkylation sites (tertiary alicyclic amines) is 1. The molecule has 1 aromatic rings. The zero-order valence-electron chi connectivity index (χ0n) is 14.6. The van der Waals surface area contributed by atoms with Crippen molar-refractivity contribution in [3.8, 4) is 0 Å². The fourth-order valence-electron chi connectivity index (χ4n) is 2.89. The van der Waals surface area contributed by atoms with Gasteiger partial charge in [-0.25, -0.2) is 13.4 Å². The van der Waals surface area contributed by atoms with Gasteiger partial charge in [-0.1, -0.05) is 13.8 Å². The summed E-state index contributed by atoms with van der Waals surface area (Å²) in [7, 11) is -1.22. The molecule has 0 aromatic carbocycles. The number of piperidine rings is 1. The molecule has 2 heterocycles. The summed E-state index contributed by atoms with van der Waals surface area (Å²) in [5, 5.41) is 3.18. The monoisotopic (exact) mass is 469 g/mol. The van der Waals surface area contributed by atoms with Crippen molar-refractivity contribution in [2.75, 3.05) is 38.2 Å². The van der Waals surface area contributed by atoms with E-state index in [2.05, 4.69) is 31.7 Å². The third-order valence-corrected chi connectivity index (χ3v) is 6.18. The minimum atomic E-state index is -2.96. The van der Waals surface area contributed by atoms with Crippen molar-refractivity contribution in [3.63, 3.8) is 0 Å². The maximum Gasteiger partial charge on any atom is 0.193 e. The van der Waals surface area contributed by atoms with Gasteiger partial charge in [-0.15, -0.1) is 24.0 Å². The maximum absolute atomic E-state index is 11.6. The minimum Gasteiger partial charge on any atom is -0.355 e. The summed E-state index contributed by atoms with van der Waals surface area (Å²) in [6.45, 7) is 6.09. The third kappa shape index (κ3) is 5.61. The molecule has 1 fully saturated rings. The fourth-order valence-corrected chi connectivity index (χ4v) is 3.59. The molecule has 0 amide bonds. The Balaban J connectivity index is 0.00000288. The number of halogens is 1. The molecule has 1 saturated heterocycles. The van der Waals surface area contributed by atoms with E-state index in [9.17, 15) is 8.42 Å². The van der Waals surface area contributed by atoms with Gasteiger partial charge in [0.25, 0.3) is 0 Å². The van der Waals surface area contributed by atoms with Crippen LogP contribution in [0.2, 0.25) is 0 Å². The highest BCUT2D eigenvalue weighted by Crippen LogP contribution is 2.27. The van der Waals surface area contributed by atoms with Crippen molar-refractivity contribution >= 4 is 39.8 Å². The first-order valence-corrected chi connectivity index (χ1v) is 9.92. The van der Waals surface area contributed by atoms with Gasteiger partial charge in [0.1, 0.15) is 0 Å².